The lowest BCUT2D eigenvalue weighted by Gasteiger charge is -2.16. The molecule has 1 aliphatic heterocycles. The summed E-state index contributed by atoms with van der Waals surface area (Å²) in [6.45, 7) is 1.47. The number of aliphatic hydroxyl groups excluding tert-OH is 3. The van der Waals surface area contributed by atoms with Crippen LogP contribution in [-0.4, -0.2) is 46.0 Å². The van der Waals surface area contributed by atoms with E-state index in [-0.39, 0.29) is 0 Å². The lowest BCUT2D eigenvalue weighted by molar-refractivity contribution is -0.127. The van der Waals surface area contributed by atoms with Gasteiger partial charge in [-0.05, 0) is 6.92 Å². The van der Waals surface area contributed by atoms with E-state index in [4.69, 9.17) is 20.7 Å². The summed E-state index contributed by atoms with van der Waals surface area (Å²) in [5, 5.41) is 27.2. The summed E-state index contributed by atoms with van der Waals surface area (Å²) in [6, 6.07) is -0.824. The molecule has 5 N–H and O–H groups in total. The van der Waals surface area contributed by atoms with Gasteiger partial charge in [0.1, 0.15) is 12.2 Å². The van der Waals surface area contributed by atoms with E-state index in [1.165, 1.54) is 6.92 Å². The molecule has 1 rings (SSSR count). The zero-order valence-corrected chi connectivity index (χ0v) is 6.21. The molecular weight excluding hydrogens is 150 g/mol. The quantitative estimate of drug-likeness (QED) is 0.351. The van der Waals surface area contributed by atoms with Crippen molar-refractivity contribution >= 4 is 0 Å². The summed E-state index contributed by atoms with van der Waals surface area (Å²) < 4.78 is 4.78. The smallest absolute Gasteiger partial charge is 0.173 e. The lowest BCUT2D eigenvalue weighted by atomic mass is 10.1. The molecule has 0 amide bonds. The van der Waals surface area contributed by atoms with Crippen molar-refractivity contribution in [1.29, 1.82) is 0 Å². The van der Waals surface area contributed by atoms with Crippen molar-refractivity contribution in [2.45, 2.75) is 37.6 Å². The van der Waals surface area contributed by atoms with Crippen LogP contribution in [0.15, 0.2) is 0 Å². The van der Waals surface area contributed by atoms with Gasteiger partial charge in [0.15, 0.2) is 6.29 Å². The molecule has 0 aromatic rings. The molecule has 0 unspecified atom stereocenters. The Morgan fingerprint density at radius 2 is 2.00 bits per heavy atom. The summed E-state index contributed by atoms with van der Waals surface area (Å²) in [5.41, 5.74) is 5.31. The third kappa shape index (κ3) is 1.52. The Morgan fingerprint density at radius 3 is 2.18 bits per heavy atom. The average Bonchev–Trinajstić information content (AvgIpc) is 2.17. The van der Waals surface area contributed by atoms with Gasteiger partial charge in [-0.3, -0.25) is 0 Å². The highest BCUT2D eigenvalue weighted by Gasteiger charge is 2.42. The van der Waals surface area contributed by atoms with Crippen LogP contribution >= 0.6 is 0 Å². The van der Waals surface area contributed by atoms with Gasteiger partial charge in [-0.2, -0.15) is 0 Å². The predicted octanol–water partition coefficient (Wildman–Crippen LogP) is -2.23. The minimum Gasteiger partial charge on any atom is -0.391 e. The Balaban J connectivity index is 2.59. The standard InChI is InChI=1S/C6H13NO4/c1-2(8)5-4(9)3(7)6(10)11-5/h2-6,8-10H,7H2,1H3/t2-,3-,4-,5+,6+/m1/s1. The number of hydrogen-bond acceptors (Lipinski definition) is 5. The molecule has 66 valence electrons. The molecule has 0 aromatic heterocycles. The van der Waals surface area contributed by atoms with Crippen LogP contribution in [-0.2, 0) is 4.74 Å². The largest absolute Gasteiger partial charge is 0.391 e. The fraction of sp³-hybridized carbons (Fsp3) is 1.00. The van der Waals surface area contributed by atoms with Crippen LogP contribution < -0.4 is 5.73 Å². The maximum atomic E-state index is 9.23. The van der Waals surface area contributed by atoms with Gasteiger partial charge < -0.3 is 25.8 Å². The predicted molar refractivity (Wildman–Crippen MR) is 36.5 cm³/mol. The van der Waals surface area contributed by atoms with Gasteiger partial charge in [-0.15, -0.1) is 0 Å². The highest BCUT2D eigenvalue weighted by Crippen LogP contribution is 2.20. The second-order valence-corrected chi connectivity index (χ2v) is 2.80. The minimum atomic E-state index is -1.18. The third-order valence-corrected chi connectivity index (χ3v) is 1.83. The second-order valence-electron chi connectivity index (χ2n) is 2.80. The molecule has 5 nitrogen and oxygen atoms in total. The van der Waals surface area contributed by atoms with Crippen LogP contribution in [0.4, 0.5) is 0 Å². The Morgan fingerprint density at radius 1 is 1.45 bits per heavy atom. The summed E-state index contributed by atoms with van der Waals surface area (Å²) in [6.07, 6.45) is -3.78. The Hall–Kier alpha value is -0.200. The van der Waals surface area contributed by atoms with E-state index in [1.54, 1.807) is 0 Å². The lowest BCUT2D eigenvalue weighted by Crippen LogP contribution is -2.42. The number of hydrogen-bond donors (Lipinski definition) is 4. The SMILES string of the molecule is C[C@@H](O)[C@@H]1O[C@H](O)[C@H](N)[C@H]1O. The summed E-state index contributed by atoms with van der Waals surface area (Å²) in [4.78, 5) is 0. The first-order chi connectivity index (χ1) is 5.04. The molecule has 0 spiro atoms. The average molecular weight is 163 g/mol. The monoisotopic (exact) mass is 163 g/mol. The van der Waals surface area contributed by atoms with Crippen molar-refractivity contribution in [3.05, 3.63) is 0 Å². The Labute approximate surface area is 64.4 Å². The van der Waals surface area contributed by atoms with Gasteiger partial charge in [0.05, 0.1) is 12.1 Å². The first-order valence-electron chi connectivity index (χ1n) is 3.49. The number of aliphatic hydroxyl groups is 3. The van der Waals surface area contributed by atoms with E-state index >= 15 is 0 Å². The van der Waals surface area contributed by atoms with Gasteiger partial charge >= 0.3 is 0 Å². The maximum Gasteiger partial charge on any atom is 0.173 e. The van der Waals surface area contributed by atoms with Crippen molar-refractivity contribution in [2.24, 2.45) is 5.73 Å². The van der Waals surface area contributed by atoms with Gasteiger partial charge in [0.2, 0.25) is 0 Å². The first-order valence-corrected chi connectivity index (χ1v) is 3.49. The van der Waals surface area contributed by atoms with Crippen LogP contribution in [0.2, 0.25) is 0 Å². The topological polar surface area (TPSA) is 95.9 Å². The van der Waals surface area contributed by atoms with Gasteiger partial charge in [-0.1, -0.05) is 0 Å². The van der Waals surface area contributed by atoms with Crippen molar-refractivity contribution in [2.75, 3.05) is 0 Å². The second kappa shape index (κ2) is 3.04. The van der Waals surface area contributed by atoms with Crippen LogP contribution in [0.3, 0.4) is 0 Å². The van der Waals surface area contributed by atoms with Crippen molar-refractivity contribution in [1.82, 2.24) is 0 Å². The minimum absolute atomic E-state index is 0.778. The zero-order valence-electron chi connectivity index (χ0n) is 6.21. The van der Waals surface area contributed by atoms with E-state index in [1.807, 2.05) is 0 Å². The van der Waals surface area contributed by atoms with E-state index in [0.29, 0.717) is 0 Å². The van der Waals surface area contributed by atoms with Crippen LogP contribution in [0.5, 0.6) is 0 Å². The van der Waals surface area contributed by atoms with E-state index in [9.17, 15) is 5.11 Å². The first kappa shape index (κ1) is 8.89. The zero-order chi connectivity index (χ0) is 8.59. The molecule has 1 heterocycles. The van der Waals surface area contributed by atoms with Crippen LogP contribution in [0.25, 0.3) is 0 Å². The molecule has 1 saturated heterocycles. The molecule has 11 heavy (non-hydrogen) atoms. The summed E-state index contributed by atoms with van der Waals surface area (Å²) >= 11 is 0. The van der Waals surface area contributed by atoms with E-state index in [0.717, 1.165) is 0 Å². The van der Waals surface area contributed by atoms with Gasteiger partial charge in [-0.25, -0.2) is 0 Å². The van der Waals surface area contributed by atoms with E-state index in [2.05, 4.69) is 0 Å². The molecule has 5 atom stereocenters. The van der Waals surface area contributed by atoms with E-state index < -0.39 is 30.6 Å². The highest BCUT2D eigenvalue weighted by atomic mass is 16.6. The Kier molecular flexibility index (Phi) is 2.46. The molecule has 0 aliphatic carbocycles. The maximum absolute atomic E-state index is 9.23. The van der Waals surface area contributed by atoms with Crippen LogP contribution in [0, 0.1) is 0 Å². The van der Waals surface area contributed by atoms with Crippen molar-refractivity contribution < 1.29 is 20.1 Å². The fourth-order valence-electron chi connectivity index (χ4n) is 1.12. The number of ether oxygens (including phenoxy) is 1. The number of nitrogens with two attached hydrogens (primary N) is 1. The third-order valence-electron chi connectivity index (χ3n) is 1.83. The number of rotatable bonds is 1. The summed E-state index contributed by atoms with van der Waals surface area (Å²) in [5.74, 6) is 0. The molecule has 1 fully saturated rings. The normalized spacial score (nSPS) is 47.7. The van der Waals surface area contributed by atoms with Crippen molar-refractivity contribution in [3.63, 3.8) is 0 Å². The molecule has 5 heteroatoms. The molecular formula is C6H13NO4. The van der Waals surface area contributed by atoms with Crippen molar-refractivity contribution in [3.8, 4) is 0 Å². The van der Waals surface area contributed by atoms with Crippen LogP contribution in [0.1, 0.15) is 6.92 Å². The molecule has 0 aromatic carbocycles. The summed E-state index contributed by atoms with van der Waals surface area (Å²) in [7, 11) is 0. The molecule has 0 radical (unpaired) electrons. The Bertz CT molecular complexity index is 141. The molecule has 0 saturated carbocycles. The van der Waals surface area contributed by atoms with Gasteiger partial charge in [0, 0.05) is 0 Å². The molecule has 0 bridgehead atoms. The van der Waals surface area contributed by atoms with Gasteiger partial charge in [0.25, 0.3) is 0 Å². The molecule has 1 aliphatic rings. The fourth-order valence-corrected chi connectivity index (χ4v) is 1.12. The highest BCUT2D eigenvalue weighted by molar-refractivity contribution is 4.91.